The Morgan fingerprint density at radius 2 is 2.09 bits per heavy atom. The van der Waals surface area contributed by atoms with E-state index in [0.29, 0.717) is 19.5 Å². The molecule has 1 aliphatic rings. The van der Waals surface area contributed by atoms with Crippen molar-refractivity contribution >= 4 is 16.7 Å². The fourth-order valence-electron chi connectivity index (χ4n) is 2.89. The van der Waals surface area contributed by atoms with Crippen LogP contribution in [0.1, 0.15) is 18.0 Å². The summed E-state index contributed by atoms with van der Waals surface area (Å²) in [5.74, 6) is -0.111. The molecule has 2 aromatic rings. The molecule has 1 saturated heterocycles. The Hall–Kier alpha value is -1.95. The zero-order valence-corrected chi connectivity index (χ0v) is 12.3. The molecular formula is C17H21N3O2. The van der Waals surface area contributed by atoms with E-state index in [2.05, 4.69) is 22.8 Å². The van der Waals surface area contributed by atoms with Crippen LogP contribution in [0.4, 0.5) is 0 Å². The monoisotopic (exact) mass is 299 g/mol. The summed E-state index contributed by atoms with van der Waals surface area (Å²) in [6, 6.07) is 13.6. The van der Waals surface area contributed by atoms with Crippen LogP contribution < -0.4 is 16.4 Å². The molecule has 3 rings (SSSR count). The van der Waals surface area contributed by atoms with Gasteiger partial charge in [-0.05, 0) is 28.8 Å². The SMILES string of the molecule is NCC(NC(=O)[C@H]1C[C@H](O)CN1)c1ccc2ccccc2c1. The molecule has 5 N–H and O–H groups in total. The van der Waals surface area contributed by atoms with Gasteiger partial charge in [-0.3, -0.25) is 4.79 Å². The summed E-state index contributed by atoms with van der Waals surface area (Å²) < 4.78 is 0. The Bertz CT molecular complexity index is 674. The number of nitrogens with two attached hydrogens (primary N) is 1. The summed E-state index contributed by atoms with van der Waals surface area (Å²) in [5.41, 5.74) is 6.83. The summed E-state index contributed by atoms with van der Waals surface area (Å²) in [5, 5.41) is 17.8. The minimum atomic E-state index is -0.451. The molecule has 1 amide bonds. The van der Waals surface area contributed by atoms with E-state index in [9.17, 15) is 9.90 Å². The van der Waals surface area contributed by atoms with Gasteiger partial charge in [-0.15, -0.1) is 0 Å². The largest absolute Gasteiger partial charge is 0.392 e. The van der Waals surface area contributed by atoms with Crippen LogP contribution in [0.25, 0.3) is 10.8 Å². The Labute approximate surface area is 129 Å². The maximum Gasteiger partial charge on any atom is 0.237 e. The lowest BCUT2D eigenvalue weighted by Crippen LogP contribution is -2.43. The molecule has 0 aromatic heterocycles. The second kappa shape index (κ2) is 6.44. The number of aliphatic hydroxyl groups is 1. The van der Waals surface area contributed by atoms with E-state index in [4.69, 9.17) is 5.73 Å². The molecule has 5 heteroatoms. The van der Waals surface area contributed by atoms with Gasteiger partial charge in [0.05, 0.1) is 18.2 Å². The van der Waals surface area contributed by atoms with Crippen LogP contribution in [0.2, 0.25) is 0 Å². The summed E-state index contributed by atoms with van der Waals surface area (Å²) in [4.78, 5) is 12.3. The van der Waals surface area contributed by atoms with Crippen LogP contribution in [0, 0.1) is 0 Å². The van der Waals surface area contributed by atoms with E-state index in [0.717, 1.165) is 16.3 Å². The number of hydrogen-bond acceptors (Lipinski definition) is 4. The van der Waals surface area contributed by atoms with Gasteiger partial charge in [-0.1, -0.05) is 36.4 Å². The molecule has 22 heavy (non-hydrogen) atoms. The van der Waals surface area contributed by atoms with E-state index in [1.165, 1.54) is 0 Å². The highest BCUT2D eigenvalue weighted by atomic mass is 16.3. The molecule has 0 spiro atoms. The van der Waals surface area contributed by atoms with Gasteiger partial charge in [0.1, 0.15) is 0 Å². The number of rotatable bonds is 4. The number of carbonyl (C=O) groups is 1. The third kappa shape index (κ3) is 3.11. The number of fused-ring (bicyclic) bond motifs is 1. The number of aliphatic hydroxyl groups excluding tert-OH is 1. The highest BCUT2D eigenvalue weighted by molar-refractivity contribution is 5.84. The lowest BCUT2D eigenvalue weighted by Gasteiger charge is -2.20. The molecule has 0 radical (unpaired) electrons. The molecule has 2 aromatic carbocycles. The smallest absolute Gasteiger partial charge is 0.237 e. The first-order valence-corrected chi connectivity index (χ1v) is 7.58. The predicted octanol–water partition coefficient (Wildman–Crippen LogP) is 0.679. The highest BCUT2D eigenvalue weighted by Crippen LogP contribution is 2.20. The van der Waals surface area contributed by atoms with Gasteiger partial charge in [0.2, 0.25) is 5.91 Å². The van der Waals surface area contributed by atoms with Crippen molar-refractivity contribution in [2.75, 3.05) is 13.1 Å². The van der Waals surface area contributed by atoms with Crippen LogP contribution in [-0.4, -0.2) is 36.2 Å². The first-order chi connectivity index (χ1) is 10.7. The maximum absolute atomic E-state index is 12.3. The first-order valence-electron chi connectivity index (χ1n) is 7.58. The number of hydrogen-bond donors (Lipinski definition) is 4. The van der Waals surface area contributed by atoms with E-state index < -0.39 is 6.10 Å². The minimum absolute atomic E-state index is 0.111. The van der Waals surface area contributed by atoms with Crippen molar-refractivity contribution in [3.63, 3.8) is 0 Å². The lowest BCUT2D eigenvalue weighted by molar-refractivity contribution is -0.123. The van der Waals surface area contributed by atoms with Crippen molar-refractivity contribution in [2.45, 2.75) is 24.6 Å². The van der Waals surface area contributed by atoms with Crippen molar-refractivity contribution < 1.29 is 9.90 Å². The molecule has 5 nitrogen and oxygen atoms in total. The Morgan fingerprint density at radius 1 is 1.32 bits per heavy atom. The van der Waals surface area contributed by atoms with E-state index in [1.807, 2.05) is 30.3 Å². The van der Waals surface area contributed by atoms with E-state index in [-0.39, 0.29) is 18.0 Å². The lowest BCUT2D eigenvalue weighted by atomic mass is 10.0. The van der Waals surface area contributed by atoms with Crippen molar-refractivity contribution in [1.82, 2.24) is 10.6 Å². The van der Waals surface area contributed by atoms with Crippen LogP contribution in [-0.2, 0) is 4.79 Å². The third-order valence-electron chi connectivity index (χ3n) is 4.15. The summed E-state index contributed by atoms with van der Waals surface area (Å²) >= 11 is 0. The van der Waals surface area contributed by atoms with Crippen molar-refractivity contribution in [3.8, 4) is 0 Å². The van der Waals surface area contributed by atoms with Gasteiger partial charge in [0.15, 0.2) is 0 Å². The molecule has 1 fully saturated rings. The molecule has 116 valence electrons. The molecule has 0 aliphatic carbocycles. The topological polar surface area (TPSA) is 87.4 Å². The molecule has 1 unspecified atom stereocenters. The molecular weight excluding hydrogens is 278 g/mol. The zero-order chi connectivity index (χ0) is 15.5. The van der Waals surface area contributed by atoms with Crippen LogP contribution in [0.3, 0.4) is 0 Å². The highest BCUT2D eigenvalue weighted by Gasteiger charge is 2.29. The normalized spacial score (nSPS) is 22.6. The number of amides is 1. The number of carbonyl (C=O) groups excluding carboxylic acids is 1. The first kappa shape index (κ1) is 15.0. The van der Waals surface area contributed by atoms with Gasteiger partial charge in [-0.25, -0.2) is 0 Å². The van der Waals surface area contributed by atoms with Gasteiger partial charge in [0.25, 0.3) is 0 Å². The summed E-state index contributed by atoms with van der Waals surface area (Å²) in [6.45, 7) is 0.792. The third-order valence-corrected chi connectivity index (χ3v) is 4.15. The molecule has 3 atom stereocenters. The van der Waals surface area contributed by atoms with Crippen LogP contribution in [0.5, 0.6) is 0 Å². The van der Waals surface area contributed by atoms with Crippen molar-refractivity contribution in [3.05, 3.63) is 48.0 Å². The fourth-order valence-corrected chi connectivity index (χ4v) is 2.89. The summed E-state index contributed by atoms with van der Waals surface area (Å²) in [6.07, 6.45) is -0.00588. The van der Waals surface area contributed by atoms with Gasteiger partial charge in [-0.2, -0.15) is 0 Å². The van der Waals surface area contributed by atoms with Crippen molar-refractivity contribution in [2.24, 2.45) is 5.73 Å². The van der Waals surface area contributed by atoms with Crippen LogP contribution in [0.15, 0.2) is 42.5 Å². The molecule has 0 saturated carbocycles. The predicted molar refractivity (Wildman–Crippen MR) is 86.3 cm³/mol. The standard InChI is InChI=1S/C17H21N3O2/c18-9-16(20-17(22)15-8-14(21)10-19-15)13-6-5-11-3-1-2-4-12(11)7-13/h1-7,14-16,19,21H,8-10,18H2,(H,20,22)/t14-,15+,16?/m0/s1. The Balaban J connectivity index is 1.76. The van der Waals surface area contributed by atoms with Gasteiger partial charge < -0.3 is 21.5 Å². The Kier molecular flexibility index (Phi) is 4.38. The van der Waals surface area contributed by atoms with E-state index >= 15 is 0 Å². The second-order valence-electron chi connectivity index (χ2n) is 5.75. The zero-order valence-electron chi connectivity index (χ0n) is 12.3. The van der Waals surface area contributed by atoms with Crippen molar-refractivity contribution in [1.29, 1.82) is 0 Å². The number of β-amino-alcohol motifs (C(OH)–C–C–N with tert-alkyl or cyclic N) is 1. The van der Waals surface area contributed by atoms with E-state index in [1.54, 1.807) is 0 Å². The van der Waals surface area contributed by atoms with Gasteiger partial charge in [0, 0.05) is 13.1 Å². The maximum atomic E-state index is 12.3. The minimum Gasteiger partial charge on any atom is -0.392 e. The average Bonchev–Trinajstić information content (AvgIpc) is 2.98. The molecule has 1 heterocycles. The number of benzene rings is 2. The average molecular weight is 299 g/mol. The second-order valence-corrected chi connectivity index (χ2v) is 5.75. The Morgan fingerprint density at radius 3 is 2.77 bits per heavy atom. The summed E-state index contributed by atoms with van der Waals surface area (Å²) in [7, 11) is 0. The molecule has 0 bridgehead atoms. The fraction of sp³-hybridized carbons (Fsp3) is 0.353. The van der Waals surface area contributed by atoms with Gasteiger partial charge >= 0.3 is 0 Å². The number of nitrogens with one attached hydrogen (secondary N) is 2. The molecule has 1 aliphatic heterocycles. The van der Waals surface area contributed by atoms with Crippen LogP contribution >= 0.6 is 0 Å². The quantitative estimate of drug-likeness (QED) is 0.668.